The zero-order chi connectivity index (χ0) is 18.2. The molecule has 1 atom stereocenters. The largest absolute Gasteiger partial charge is 0.507 e. The molecule has 2 aromatic rings. The van der Waals surface area contributed by atoms with Crippen LogP contribution in [0.4, 0.5) is 0 Å². The van der Waals surface area contributed by atoms with Gasteiger partial charge in [0.05, 0.1) is 0 Å². The number of hydrogen-bond donors (Lipinski definition) is 3. The van der Waals surface area contributed by atoms with E-state index in [-0.39, 0.29) is 35.0 Å². The summed E-state index contributed by atoms with van der Waals surface area (Å²) in [5, 5.41) is 32.0. The van der Waals surface area contributed by atoms with E-state index in [0.29, 0.717) is 16.1 Å². The molecule has 0 saturated heterocycles. The van der Waals surface area contributed by atoms with E-state index in [2.05, 4.69) is 0 Å². The molecule has 0 aromatic heterocycles. The molecule has 0 aliphatic carbocycles. The molecular weight excluding hydrogens is 324 g/mol. The maximum atomic E-state index is 10.8. The summed E-state index contributed by atoms with van der Waals surface area (Å²) < 4.78 is 0. The van der Waals surface area contributed by atoms with Gasteiger partial charge in [-0.15, -0.1) is 0 Å². The van der Waals surface area contributed by atoms with E-state index < -0.39 is 0 Å². The van der Waals surface area contributed by atoms with Crippen LogP contribution in [0.25, 0.3) is 0 Å². The molecule has 2 rings (SSSR count). The van der Waals surface area contributed by atoms with Crippen LogP contribution in [0, 0.1) is 12.8 Å². The van der Waals surface area contributed by atoms with Gasteiger partial charge in [-0.2, -0.15) is 0 Å². The van der Waals surface area contributed by atoms with Gasteiger partial charge in [0.2, 0.25) is 0 Å². The van der Waals surface area contributed by atoms with Gasteiger partial charge in [-0.05, 0) is 36.0 Å². The molecule has 2 aromatic carbocycles. The van der Waals surface area contributed by atoms with Gasteiger partial charge < -0.3 is 15.3 Å². The third-order valence-electron chi connectivity index (χ3n) is 4.43. The van der Waals surface area contributed by atoms with Crippen molar-refractivity contribution in [3.8, 4) is 17.2 Å². The van der Waals surface area contributed by atoms with Crippen molar-refractivity contribution < 1.29 is 15.3 Å². The highest BCUT2D eigenvalue weighted by atomic mass is 35.5. The molecule has 3 nitrogen and oxygen atoms in total. The van der Waals surface area contributed by atoms with Crippen LogP contribution < -0.4 is 0 Å². The smallest absolute Gasteiger partial charge is 0.130 e. The van der Waals surface area contributed by atoms with Crippen molar-refractivity contribution in [2.75, 3.05) is 0 Å². The molecule has 0 aliphatic heterocycles. The van der Waals surface area contributed by atoms with Crippen LogP contribution in [-0.2, 0) is 0 Å². The molecule has 1 unspecified atom stereocenters. The second-order valence-corrected chi connectivity index (χ2v) is 7.38. The van der Waals surface area contributed by atoms with E-state index >= 15 is 0 Å². The van der Waals surface area contributed by atoms with Crippen LogP contribution in [0.2, 0.25) is 5.02 Å². The third-order valence-corrected chi connectivity index (χ3v) is 4.86. The molecule has 0 bridgehead atoms. The molecule has 0 heterocycles. The summed E-state index contributed by atoms with van der Waals surface area (Å²) in [6.07, 6.45) is 0. The monoisotopic (exact) mass is 348 g/mol. The van der Waals surface area contributed by atoms with Crippen LogP contribution in [0.15, 0.2) is 24.3 Å². The van der Waals surface area contributed by atoms with E-state index in [1.807, 2.05) is 52.8 Å². The molecule has 3 N–H and O–H groups in total. The van der Waals surface area contributed by atoms with Crippen molar-refractivity contribution in [1.82, 2.24) is 0 Å². The van der Waals surface area contributed by atoms with Gasteiger partial charge in [-0.1, -0.05) is 51.4 Å². The number of aromatic hydroxyl groups is 3. The Kier molecular flexibility index (Phi) is 5.34. The molecular formula is C20H25ClO3. The Morgan fingerprint density at radius 3 is 1.96 bits per heavy atom. The van der Waals surface area contributed by atoms with Gasteiger partial charge >= 0.3 is 0 Å². The molecule has 0 spiro atoms. The van der Waals surface area contributed by atoms with Crippen molar-refractivity contribution in [2.24, 2.45) is 5.92 Å². The first kappa shape index (κ1) is 18.5. The third kappa shape index (κ3) is 3.32. The summed E-state index contributed by atoms with van der Waals surface area (Å²) in [4.78, 5) is 0. The number of phenolic OH excluding ortho intramolecular Hbond substituents is 3. The van der Waals surface area contributed by atoms with Gasteiger partial charge in [0, 0.05) is 28.1 Å². The summed E-state index contributed by atoms with van der Waals surface area (Å²) >= 11 is 6.13. The molecule has 130 valence electrons. The minimum Gasteiger partial charge on any atom is -0.507 e. The van der Waals surface area contributed by atoms with Crippen molar-refractivity contribution in [2.45, 2.75) is 46.5 Å². The molecule has 24 heavy (non-hydrogen) atoms. The quantitative estimate of drug-likeness (QED) is 0.666. The van der Waals surface area contributed by atoms with Crippen LogP contribution in [0.5, 0.6) is 17.2 Å². The second-order valence-electron chi connectivity index (χ2n) is 6.98. The number of phenols is 3. The molecule has 0 fully saturated rings. The normalized spacial score (nSPS) is 12.8. The lowest BCUT2D eigenvalue weighted by molar-refractivity contribution is 0.394. The zero-order valence-electron chi connectivity index (χ0n) is 14.8. The number of benzene rings is 2. The van der Waals surface area contributed by atoms with Crippen molar-refractivity contribution >= 4 is 11.6 Å². The summed E-state index contributed by atoms with van der Waals surface area (Å²) in [5.41, 5.74) is 2.83. The fourth-order valence-electron chi connectivity index (χ4n) is 3.29. The number of hydrogen-bond acceptors (Lipinski definition) is 3. The Labute approximate surface area is 148 Å². The predicted octanol–water partition coefficient (Wildman–Crippen LogP) is 5.68. The van der Waals surface area contributed by atoms with E-state index in [1.54, 1.807) is 0 Å². The average molecular weight is 349 g/mol. The SMILES string of the molecule is Cc1cc(C(c2c(O)cc(O)c(C(C)C)c2O)C(C)C)ccc1Cl. The summed E-state index contributed by atoms with van der Waals surface area (Å²) in [7, 11) is 0. The van der Waals surface area contributed by atoms with E-state index in [4.69, 9.17) is 11.6 Å². The Balaban J connectivity index is 2.73. The first-order valence-corrected chi connectivity index (χ1v) is 8.56. The lowest BCUT2D eigenvalue weighted by atomic mass is 9.79. The minimum absolute atomic E-state index is 0.0335. The molecule has 0 radical (unpaired) electrons. The number of halogens is 1. The van der Waals surface area contributed by atoms with Gasteiger partial charge in [-0.25, -0.2) is 0 Å². The Hall–Kier alpha value is -1.87. The second kappa shape index (κ2) is 6.94. The average Bonchev–Trinajstić information content (AvgIpc) is 2.45. The first-order chi connectivity index (χ1) is 11.1. The molecule has 4 heteroatoms. The Morgan fingerprint density at radius 2 is 1.46 bits per heavy atom. The van der Waals surface area contributed by atoms with Crippen LogP contribution in [0.3, 0.4) is 0 Å². The van der Waals surface area contributed by atoms with Gasteiger partial charge in [-0.3, -0.25) is 0 Å². The lowest BCUT2D eigenvalue weighted by Gasteiger charge is -2.26. The maximum Gasteiger partial charge on any atom is 0.130 e. The highest BCUT2D eigenvalue weighted by molar-refractivity contribution is 6.31. The van der Waals surface area contributed by atoms with Crippen molar-refractivity contribution in [3.05, 3.63) is 51.5 Å². The van der Waals surface area contributed by atoms with Crippen LogP contribution in [-0.4, -0.2) is 15.3 Å². The first-order valence-electron chi connectivity index (χ1n) is 8.18. The Bertz CT molecular complexity index is 751. The van der Waals surface area contributed by atoms with Crippen LogP contribution >= 0.6 is 11.6 Å². The topological polar surface area (TPSA) is 60.7 Å². The molecule has 0 saturated carbocycles. The van der Waals surface area contributed by atoms with Gasteiger partial charge in [0.15, 0.2) is 0 Å². The van der Waals surface area contributed by atoms with Crippen molar-refractivity contribution in [3.63, 3.8) is 0 Å². The highest BCUT2D eigenvalue weighted by Gasteiger charge is 2.29. The van der Waals surface area contributed by atoms with Crippen LogP contribution in [0.1, 0.15) is 61.8 Å². The van der Waals surface area contributed by atoms with E-state index in [9.17, 15) is 15.3 Å². The molecule has 0 amide bonds. The maximum absolute atomic E-state index is 10.8. The van der Waals surface area contributed by atoms with Gasteiger partial charge in [0.1, 0.15) is 17.2 Å². The summed E-state index contributed by atoms with van der Waals surface area (Å²) in [6, 6.07) is 7.05. The Morgan fingerprint density at radius 1 is 0.875 bits per heavy atom. The summed E-state index contributed by atoms with van der Waals surface area (Å²) in [5.74, 6) is -0.358. The van der Waals surface area contributed by atoms with Gasteiger partial charge in [0.25, 0.3) is 0 Å². The fraction of sp³-hybridized carbons (Fsp3) is 0.400. The van der Waals surface area contributed by atoms with E-state index in [1.165, 1.54) is 6.07 Å². The standard InChI is InChI=1S/C20H25ClO3/c1-10(2)17(13-6-7-14(21)12(5)8-13)19-16(23)9-15(22)18(11(3)4)20(19)24/h6-11,17,22-24H,1-5H3. The number of rotatable bonds is 4. The zero-order valence-corrected chi connectivity index (χ0v) is 15.5. The lowest BCUT2D eigenvalue weighted by Crippen LogP contribution is -2.11. The van der Waals surface area contributed by atoms with Crippen molar-refractivity contribution in [1.29, 1.82) is 0 Å². The fourth-order valence-corrected chi connectivity index (χ4v) is 3.41. The number of aryl methyl sites for hydroxylation is 1. The van der Waals surface area contributed by atoms with E-state index in [0.717, 1.165) is 11.1 Å². The molecule has 0 aliphatic rings. The highest BCUT2D eigenvalue weighted by Crippen LogP contribution is 2.48. The summed E-state index contributed by atoms with van der Waals surface area (Å²) in [6.45, 7) is 9.79. The minimum atomic E-state index is -0.209. The predicted molar refractivity (Wildman–Crippen MR) is 98.4 cm³/mol.